The van der Waals surface area contributed by atoms with E-state index >= 15 is 0 Å². The number of nitrogens with zero attached hydrogens (tertiary/aromatic N) is 3. The van der Waals surface area contributed by atoms with Crippen molar-refractivity contribution in [3.63, 3.8) is 0 Å². The average Bonchev–Trinajstić information content (AvgIpc) is 2.87. The number of halogens is 2. The molecule has 1 N–H and O–H groups in total. The van der Waals surface area contributed by atoms with Crippen molar-refractivity contribution in [2.75, 3.05) is 29.4 Å². The van der Waals surface area contributed by atoms with E-state index < -0.39 is 10.8 Å². The molecule has 180 valence electrons. The van der Waals surface area contributed by atoms with Gasteiger partial charge in [0, 0.05) is 44.0 Å². The maximum Gasteiger partial charge on any atom is 0.269 e. The minimum atomic E-state index is -0.500. The van der Waals surface area contributed by atoms with Crippen LogP contribution in [0.25, 0.3) is 0 Å². The van der Waals surface area contributed by atoms with Gasteiger partial charge in [-0.25, -0.2) is 8.78 Å². The molecule has 3 aromatic carbocycles. The lowest BCUT2D eigenvalue weighted by Crippen LogP contribution is -2.61. The summed E-state index contributed by atoms with van der Waals surface area (Å²) in [6, 6.07) is 17.0. The SMILES string of the molecule is O=C(NCc1ccc(F)cc1)[C@@H]1Cc2cc([N+](=O)[O-])ccc2N2CCN(c3ccccc3F)C[C@@H]12. The van der Waals surface area contributed by atoms with Crippen molar-refractivity contribution in [1.82, 2.24) is 5.32 Å². The molecule has 2 heterocycles. The number of hydrogen-bond acceptors (Lipinski definition) is 5. The Morgan fingerprint density at radius 3 is 2.54 bits per heavy atom. The van der Waals surface area contributed by atoms with Gasteiger partial charge in [-0.05, 0) is 47.9 Å². The second kappa shape index (κ2) is 9.32. The van der Waals surface area contributed by atoms with Crippen LogP contribution in [0, 0.1) is 27.7 Å². The number of nitro benzene ring substituents is 1. The van der Waals surface area contributed by atoms with Crippen LogP contribution in [0.5, 0.6) is 0 Å². The molecule has 0 radical (unpaired) electrons. The molecule has 2 aliphatic heterocycles. The van der Waals surface area contributed by atoms with E-state index in [1.807, 2.05) is 4.90 Å². The molecule has 0 aliphatic carbocycles. The van der Waals surface area contributed by atoms with Crippen LogP contribution in [0.1, 0.15) is 11.1 Å². The second-order valence-electron chi connectivity index (χ2n) is 8.88. The fourth-order valence-electron chi connectivity index (χ4n) is 5.07. The van der Waals surface area contributed by atoms with Gasteiger partial charge in [0.15, 0.2) is 0 Å². The first kappa shape index (κ1) is 22.8. The van der Waals surface area contributed by atoms with Gasteiger partial charge in [-0.3, -0.25) is 14.9 Å². The largest absolute Gasteiger partial charge is 0.365 e. The first-order chi connectivity index (χ1) is 16.9. The van der Waals surface area contributed by atoms with E-state index in [0.29, 0.717) is 31.7 Å². The summed E-state index contributed by atoms with van der Waals surface area (Å²) < 4.78 is 27.7. The third kappa shape index (κ3) is 4.53. The van der Waals surface area contributed by atoms with Crippen molar-refractivity contribution in [3.05, 3.63) is 99.6 Å². The van der Waals surface area contributed by atoms with Crippen molar-refractivity contribution in [2.45, 2.75) is 19.0 Å². The highest BCUT2D eigenvalue weighted by molar-refractivity contribution is 5.82. The van der Waals surface area contributed by atoms with Crippen molar-refractivity contribution < 1.29 is 18.5 Å². The zero-order chi connectivity index (χ0) is 24.5. The zero-order valence-corrected chi connectivity index (χ0v) is 18.9. The summed E-state index contributed by atoms with van der Waals surface area (Å²) in [6.45, 7) is 1.77. The Bertz CT molecular complexity index is 1270. The molecule has 2 aliphatic rings. The number of carbonyl (C=O) groups excluding carboxylic acids is 1. The number of hydrogen-bond donors (Lipinski definition) is 1. The molecule has 1 fully saturated rings. The Labute approximate surface area is 201 Å². The number of amides is 1. The third-order valence-corrected chi connectivity index (χ3v) is 6.82. The molecule has 0 aromatic heterocycles. The Kier molecular flexibility index (Phi) is 6.07. The number of para-hydroxylation sites is 1. The first-order valence-corrected chi connectivity index (χ1v) is 11.5. The quantitative estimate of drug-likeness (QED) is 0.442. The molecule has 0 saturated carbocycles. The molecular formula is C26H24F2N4O3. The molecule has 0 unspecified atom stereocenters. The van der Waals surface area contributed by atoms with Crippen molar-refractivity contribution in [2.24, 2.45) is 5.92 Å². The Hall–Kier alpha value is -4.01. The molecule has 5 rings (SSSR count). The summed E-state index contributed by atoms with van der Waals surface area (Å²) in [7, 11) is 0. The van der Waals surface area contributed by atoms with Gasteiger partial charge in [-0.2, -0.15) is 0 Å². The highest BCUT2D eigenvalue weighted by Crippen LogP contribution is 2.39. The predicted octanol–water partition coefficient (Wildman–Crippen LogP) is 4.06. The molecule has 0 spiro atoms. The maximum atomic E-state index is 14.5. The predicted molar refractivity (Wildman–Crippen MR) is 128 cm³/mol. The molecular weight excluding hydrogens is 454 g/mol. The van der Waals surface area contributed by atoms with E-state index in [9.17, 15) is 23.7 Å². The Morgan fingerprint density at radius 2 is 1.80 bits per heavy atom. The van der Waals surface area contributed by atoms with Crippen LogP contribution >= 0.6 is 0 Å². The number of anilines is 2. The topological polar surface area (TPSA) is 78.7 Å². The summed E-state index contributed by atoms with van der Waals surface area (Å²) in [4.78, 5) is 28.4. The summed E-state index contributed by atoms with van der Waals surface area (Å²) in [5.41, 5.74) is 2.86. The lowest BCUT2D eigenvalue weighted by atomic mass is 9.83. The molecule has 9 heteroatoms. The van der Waals surface area contributed by atoms with Crippen molar-refractivity contribution in [1.29, 1.82) is 0 Å². The highest BCUT2D eigenvalue weighted by Gasteiger charge is 2.42. The number of rotatable bonds is 5. The molecule has 2 atom stereocenters. The van der Waals surface area contributed by atoms with Crippen LogP contribution in [0.2, 0.25) is 0 Å². The molecule has 3 aromatic rings. The van der Waals surface area contributed by atoms with Gasteiger partial charge in [-0.15, -0.1) is 0 Å². The van der Waals surface area contributed by atoms with Gasteiger partial charge in [0.1, 0.15) is 11.6 Å². The van der Waals surface area contributed by atoms with E-state index in [2.05, 4.69) is 10.2 Å². The molecule has 1 amide bonds. The Morgan fingerprint density at radius 1 is 1.03 bits per heavy atom. The maximum absolute atomic E-state index is 14.5. The number of nitro groups is 1. The number of fused-ring (bicyclic) bond motifs is 3. The van der Waals surface area contributed by atoms with Crippen molar-refractivity contribution in [3.8, 4) is 0 Å². The summed E-state index contributed by atoms with van der Waals surface area (Å²) in [5, 5.41) is 14.3. The number of non-ortho nitro benzene ring substituents is 1. The monoisotopic (exact) mass is 478 g/mol. The first-order valence-electron chi connectivity index (χ1n) is 11.5. The van der Waals surface area contributed by atoms with E-state index in [0.717, 1.165) is 16.8 Å². The molecule has 0 bridgehead atoms. The van der Waals surface area contributed by atoms with E-state index in [1.54, 1.807) is 36.4 Å². The van der Waals surface area contributed by atoms with Gasteiger partial charge < -0.3 is 15.1 Å². The third-order valence-electron chi connectivity index (χ3n) is 6.82. The van der Waals surface area contributed by atoms with E-state index in [-0.39, 0.29) is 35.8 Å². The van der Waals surface area contributed by atoms with Crippen LogP contribution in [-0.4, -0.2) is 36.5 Å². The van der Waals surface area contributed by atoms with Crippen LogP contribution in [0.15, 0.2) is 66.7 Å². The van der Waals surface area contributed by atoms with Crippen molar-refractivity contribution >= 4 is 23.0 Å². The number of benzene rings is 3. The van der Waals surface area contributed by atoms with Gasteiger partial charge in [0.2, 0.25) is 5.91 Å². The summed E-state index contributed by atoms with van der Waals surface area (Å²) in [5.74, 6) is -1.36. The van der Waals surface area contributed by atoms with Crippen LogP contribution in [0.3, 0.4) is 0 Å². The lowest BCUT2D eigenvalue weighted by molar-refractivity contribution is -0.384. The smallest absolute Gasteiger partial charge is 0.269 e. The standard InChI is InChI=1S/C26H24F2N4O3/c27-19-7-5-17(6-8-19)15-29-26(33)21-14-18-13-20(32(34)35)9-10-23(18)31-12-11-30(16-25(21)31)24-4-2-1-3-22(24)28/h1-10,13,21,25H,11-12,14-16H2,(H,29,33)/t21-,25+/m1/s1. The summed E-state index contributed by atoms with van der Waals surface area (Å²) >= 11 is 0. The summed E-state index contributed by atoms with van der Waals surface area (Å²) in [6.07, 6.45) is 0.332. The van der Waals surface area contributed by atoms with Gasteiger partial charge >= 0.3 is 0 Å². The normalized spacial score (nSPS) is 19.0. The van der Waals surface area contributed by atoms with Gasteiger partial charge in [0.05, 0.1) is 22.6 Å². The number of carbonyl (C=O) groups is 1. The number of nitrogens with one attached hydrogen (secondary N) is 1. The minimum Gasteiger partial charge on any atom is -0.365 e. The minimum absolute atomic E-state index is 0.0161. The average molecular weight is 478 g/mol. The molecule has 7 nitrogen and oxygen atoms in total. The van der Waals surface area contributed by atoms with Gasteiger partial charge in [-0.1, -0.05) is 24.3 Å². The Balaban J connectivity index is 1.44. The van der Waals surface area contributed by atoms with E-state index in [1.165, 1.54) is 30.3 Å². The molecule has 35 heavy (non-hydrogen) atoms. The molecule has 1 saturated heterocycles. The van der Waals surface area contributed by atoms with E-state index in [4.69, 9.17) is 0 Å². The number of piperazine rings is 1. The highest BCUT2D eigenvalue weighted by atomic mass is 19.1. The zero-order valence-electron chi connectivity index (χ0n) is 18.9. The second-order valence-corrected chi connectivity index (χ2v) is 8.88. The fourth-order valence-corrected chi connectivity index (χ4v) is 5.07. The van der Waals surface area contributed by atoms with Gasteiger partial charge in [0.25, 0.3) is 5.69 Å². The van der Waals surface area contributed by atoms with Crippen LogP contribution < -0.4 is 15.1 Å². The van der Waals surface area contributed by atoms with Crippen LogP contribution in [0.4, 0.5) is 25.8 Å². The fraction of sp³-hybridized carbons (Fsp3) is 0.269. The lowest BCUT2D eigenvalue weighted by Gasteiger charge is -2.49. The van der Waals surface area contributed by atoms with Crippen LogP contribution in [-0.2, 0) is 17.8 Å².